The van der Waals surface area contributed by atoms with Crippen molar-refractivity contribution in [2.45, 2.75) is 37.6 Å². The third kappa shape index (κ3) is 4.93. The maximum absolute atomic E-state index is 4.57. The van der Waals surface area contributed by atoms with Crippen LogP contribution < -0.4 is 5.32 Å². The molecular weight excluding hydrogens is 503 g/mol. The van der Waals surface area contributed by atoms with Crippen LogP contribution in [-0.2, 0) is 0 Å². The van der Waals surface area contributed by atoms with Crippen molar-refractivity contribution < 1.29 is 0 Å². The molecule has 2 saturated heterocycles. The van der Waals surface area contributed by atoms with Gasteiger partial charge in [-0.05, 0) is 62.4 Å². The van der Waals surface area contributed by atoms with Crippen LogP contribution in [0, 0.1) is 5.92 Å². The van der Waals surface area contributed by atoms with Gasteiger partial charge in [0.1, 0.15) is 0 Å². The zero-order valence-corrected chi connectivity index (χ0v) is 19.4. The number of hydrogen-bond donors (Lipinski definition) is 1. The lowest BCUT2D eigenvalue weighted by molar-refractivity contribution is 0.281. The molecule has 0 radical (unpaired) electrons. The van der Waals surface area contributed by atoms with Crippen LogP contribution in [0.1, 0.15) is 37.2 Å². The normalized spacial score (nSPS) is 28.9. The van der Waals surface area contributed by atoms with E-state index in [1.54, 1.807) is 0 Å². The third-order valence-corrected chi connectivity index (χ3v) is 6.44. The molecule has 0 aromatic heterocycles. The van der Waals surface area contributed by atoms with E-state index in [9.17, 15) is 0 Å². The molecule has 1 aromatic rings. The summed E-state index contributed by atoms with van der Waals surface area (Å²) in [6, 6.07) is 9.30. The maximum Gasteiger partial charge on any atom is 0.193 e. The highest BCUT2D eigenvalue weighted by atomic mass is 127. The highest BCUT2D eigenvalue weighted by Gasteiger charge is 2.40. The molecule has 4 nitrogen and oxygen atoms in total. The highest BCUT2D eigenvalue weighted by Crippen LogP contribution is 2.41. The molecule has 4 rings (SSSR count). The van der Waals surface area contributed by atoms with Gasteiger partial charge in [-0.25, -0.2) is 0 Å². The first-order valence-electron chi connectivity index (χ1n) is 9.69. The van der Waals surface area contributed by atoms with Crippen LogP contribution in [-0.4, -0.2) is 61.6 Å². The van der Waals surface area contributed by atoms with E-state index in [0.717, 1.165) is 29.4 Å². The van der Waals surface area contributed by atoms with E-state index in [4.69, 9.17) is 0 Å². The van der Waals surface area contributed by atoms with Gasteiger partial charge < -0.3 is 15.1 Å². The molecule has 3 aliphatic rings. The molecule has 26 heavy (non-hydrogen) atoms. The molecule has 144 valence electrons. The summed E-state index contributed by atoms with van der Waals surface area (Å²) in [7, 11) is 1.92. The Bertz CT molecular complexity index is 615. The second-order valence-electron chi connectivity index (χ2n) is 7.80. The number of guanidine groups is 1. The van der Waals surface area contributed by atoms with Crippen molar-refractivity contribution in [1.82, 2.24) is 15.1 Å². The van der Waals surface area contributed by atoms with Crippen molar-refractivity contribution in [2.24, 2.45) is 10.9 Å². The van der Waals surface area contributed by atoms with E-state index in [1.807, 2.05) is 7.05 Å². The van der Waals surface area contributed by atoms with Crippen molar-refractivity contribution in [1.29, 1.82) is 0 Å². The fourth-order valence-electron chi connectivity index (χ4n) is 4.40. The number of benzene rings is 1. The summed E-state index contributed by atoms with van der Waals surface area (Å²) in [4.78, 5) is 9.69. The van der Waals surface area contributed by atoms with Crippen LogP contribution in [0.5, 0.6) is 0 Å². The van der Waals surface area contributed by atoms with Gasteiger partial charge in [-0.3, -0.25) is 4.99 Å². The lowest BCUT2D eigenvalue weighted by Crippen LogP contribution is -2.42. The Morgan fingerprint density at radius 1 is 1.19 bits per heavy atom. The molecule has 6 heteroatoms. The number of rotatable bonds is 4. The minimum absolute atomic E-state index is 0. The van der Waals surface area contributed by atoms with Gasteiger partial charge >= 0.3 is 0 Å². The molecule has 2 heterocycles. The van der Waals surface area contributed by atoms with Crippen LogP contribution >= 0.6 is 39.9 Å². The van der Waals surface area contributed by atoms with Gasteiger partial charge in [-0.1, -0.05) is 28.1 Å². The van der Waals surface area contributed by atoms with Crippen molar-refractivity contribution >= 4 is 45.9 Å². The molecular formula is C20H30BrIN4. The number of likely N-dealkylation sites (tertiary alicyclic amines) is 2. The number of aliphatic imine (C=N–C) groups is 1. The summed E-state index contributed by atoms with van der Waals surface area (Å²) in [5.74, 6) is 2.54. The van der Waals surface area contributed by atoms with Crippen LogP contribution in [0.15, 0.2) is 33.7 Å². The first kappa shape index (κ1) is 20.4. The van der Waals surface area contributed by atoms with Crippen molar-refractivity contribution in [2.75, 3.05) is 39.8 Å². The Labute approximate surface area is 182 Å². The van der Waals surface area contributed by atoms with Gasteiger partial charge in [-0.15, -0.1) is 24.0 Å². The Morgan fingerprint density at radius 2 is 1.92 bits per heavy atom. The number of nitrogens with zero attached hydrogens (tertiary/aromatic N) is 3. The van der Waals surface area contributed by atoms with Crippen LogP contribution in [0.25, 0.3) is 0 Å². The first-order chi connectivity index (χ1) is 12.2. The van der Waals surface area contributed by atoms with Crippen LogP contribution in [0.4, 0.5) is 0 Å². The van der Waals surface area contributed by atoms with E-state index in [2.05, 4.69) is 60.3 Å². The maximum atomic E-state index is 4.57. The predicted octanol–water partition coefficient (Wildman–Crippen LogP) is 3.92. The average Bonchev–Trinajstić information content (AvgIpc) is 2.99. The summed E-state index contributed by atoms with van der Waals surface area (Å²) >= 11 is 3.52. The summed E-state index contributed by atoms with van der Waals surface area (Å²) < 4.78 is 1.15. The molecule has 1 aliphatic carbocycles. The van der Waals surface area contributed by atoms with E-state index in [0.29, 0.717) is 12.0 Å². The fraction of sp³-hybridized carbons (Fsp3) is 0.650. The molecule has 0 spiro atoms. The lowest BCUT2D eigenvalue weighted by atomic mass is 10.1. The number of nitrogens with one attached hydrogen (secondary N) is 1. The van der Waals surface area contributed by atoms with Gasteiger partial charge in [0.2, 0.25) is 0 Å². The summed E-state index contributed by atoms with van der Waals surface area (Å²) in [5.41, 5.74) is 1.43. The predicted molar refractivity (Wildman–Crippen MR) is 123 cm³/mol. The second-order valence-corrected chi connectivity index (χ2v) is 8.72. The van der Waals surface area contributed by atoms with Crippen LogP contribution in [0.2, 0.25) is 0 Å². The third-order valence-electron chi connectivity index (χ3n) is 5.92. The first-order valence-corrected chi connectivity index (χ1v) is 10.5. The summed E-state index contributed by atoms with van der Waals surface area (Å²) in [6.07, 6.45) is 5.29. The Morgan fingerprint density at radius 3 is 2.62 bits per heavy atom. The Balaban J connectivity index is 0.00000196. The van der Waals surface area contributed by atoms with Gasteiger partial charge in [-0.2, -0.15) is 0 Å². The molecule has 3 fully saturated rings. The minimum atomic E-state index is 0. The zero-order chi connectivity index (χ0) is 17.2. The van der Waals surface area contributed by atoms with Gasteiger partial charge in [0.15, 0.2) is 5.96 Å². The minimum Gasteiger partial charge on any atom is -0.353 e. The topological polar surface area (TPSA) is 30.9 Å². The van der Waals surface area contributed by atoms with Crippen molar-refractivity contribution in [3.63, 3.8) is 0 Å². The lowest BCUT2D eigenvalue weighted by Gasteiger charge is -2.23. The van der Waals surface area contributed by atoms with E-state index in [-0.39, 0.29) is 24.0 Å². The molecule has 3 atom stereocenters. The largest absolute Gasteiger partial charge is 0.353 e. The van der Waals surface area contributed by atoms with Crippen molar-refractivity contribution in [3.05, 3.63) is 34.3 Å². The SMILES string of the molecule is CN=C(NC1CC1c1ccc(Br)cc1)N1CCC(CN2CCCC2)C1.I. The molecule has 0 bridgehead atoms. The van der Waals surface area contributed by atoms with E-state index >= 15 is 0 Å². The smallest absolute Gasteiger partial charge is 0.193 e. The monoisotopic (exact) mass is 532 g/mol. The Hall–Kier alpha value is -0.340. The van der Waals surface area contributed by atoms with Crippen LogP contribution in [0.3, 0.4) is 0 Å². The highest BCUT2D eigenvalue weighted by molar-refractivity contribution is 14.0. The molecule has 1 saturated carbocycles. The molecule has 1 N–H and O–H groups in total. The summed E-state index contributed by atoms with van der Waals surface area (Å²) in [5, 5.41) is 3.71. The second kappa shape index (κ2) is 9.24. The summed E-state index contributed by atoms with van der Waals surface area (Å²) in [6.45, 7) is 6.19. The van der Waals surface area contributed by atoms with Crippen molar-refractivity contribution in [3.8, 4) is 0 Å². The average molecular weight is 533 g/mol. The van der Waals surface area contributed by atoms with Gasteiger partial charge in [0, 0.05) is 43.1 Å². The Kier molecular flexibility index (Phi) is 7.25. The molecule has 0 amide bonds. The molecule has 3 unspecified atom stereocenters. The quantitative estimate of drug-likeness (QED) is 0.362. The number of hydrogen-bond acceptors (Lipinski definition) is 2. The number of halogens is 2. The van der Waals surface area contributed by atoms with E-state index < -0.39 is 0 Å². The zero-order valence-electron chi connectivity index (χ0n) is 15.5. The van der Waals surface area contributed by atoms with Gasteiger partial charge in [0.05, 0.1) is 0 Å². The standard InChI is InChI=1S/C20H29BrN4.HI/c1-22-20(23-19-12-18(19)16-4-6-17(21)7-5-16)25-11-8-15(14-25)13-24-9-2-3-10-24;/h4-7,15,18-19H,2-3,8-14H2,1H3,(H,22,23);1H. The molecule has 1 aromatic carbocycles. The fourth-order valence-corrected chi connectivity index (χ4v) is 4.66. The van der Waals surface area contributed by atoms with E-state index in [1.165, 1.54) is 50.9 Å². The molecule has 2 aliphatic heterocycles. The van der Waals surface area contributed by atoms with Gasteiger partial charge in [0.25, 0.3) is 0 Å².